The highest BCUT2D eigenvalue weighted by atomic mass is 16.5. The second-order valence-electron chi connectivity index (χ2n) is 10.1. The smallest absolute Gasteiger partial charge is 0.257 e. The van der Waals surface area contributed by atoms with Crippen LogP contribution >= 0.6 is 0 Å². The van der Waals surface area contributed by atoms with Gasteiger partial charge in [-0.05, 0) is 44.2 Å². The summed E-state index contributed by atoms with van der Waals surface area (Å²) >= 11 is 0. The minimum atomic E-state index is -0.821. The largest absolute Gasteiger partial charge is 0.361 e. The number of nitrogens with zero attached hydrogens (tertiary/aromatic N) is 4. The lowest BCUT2D eigenvalue weighted by atomic mass is 9.85. The zero-order chi connectivity index (χ0) is 22.1. The molecular weight excluding hydrogens is 400 g/mol. The summed E-state index contributed by atoms with van der Waals surface area (Å²) in [6.07, 6.45) is 7.18. The molecule has 6 heteroatoms. The Balaban J connectivity index is 1.45. The van der Waals surface area contributed by atoms with Crippen LogP contribution in [0.2, 0.25) is 0 Å². The summed E-state index contributed by atoms with van der Waals surface area (Å²) in [7, 11) is 0. The SMILES string of the molecule is CC(C)n1nccc1[C@H]1CN(CC2CCCC2)C[C@@]12OCCN(Cc1ccccc1)C2=O. The summed E-state index contributed by atoms with van der Waals surface area (Å²) in [5, 5.41) is 4.60. The van der Waals surface area contributed by atoms with Crippen molar-refractivity contribution >= 4 is 5.91 Å². The Bertz CT molecular complexity index is 921. The highest BCUT2D eigenvalue weighted by molar-refractivity contribution is 5.88. The van der Waals surface area contributed by atoms with Crippen LogP contribution in [0.15, 0.2) is 42.6 Å². The molecule has 1 amide bonds. The van der Waals surface area contributed by atoms with Gasteiger partial charge in [0.1, 0.15) is 0 Å². The van der Waals surface area contributed by atoms with E-state index in [2.05, 4.69) is 46.7 Å². The Morgan fingerprint density at radius 2 is 1.94 bits per heavy atom. The average Bonchev–Trinajstić information content (AvgIpc) is 3.53. The Kier molecular flexibility index (Phi) is 6.08. The van der Waals surface area contributed by atoms with Gasteiger partial charge in [0.05, 0.1) is 12.5 Å². The van der Waals surface area contributed by atoms with Gasteiger partial charge >= 0.3 is 0 Å². The fraction of sp³-hybridized carbons (Fsp3) is 0.615. The van der Waals surface area contributed by atoms with Crippen molar-refractivity contribution in [3.05, 3.63) is 53.9 Å². The Morgan fingerprint density at radius 1 is 1.16 bits per heavy atom. The van der Waals surface area contributed by atoms with Crippen LogP contribution in [0.25, 0.3) is 0 Å². The molecule has 2 aliphatic heterocycles. The molecule has 0 unspecified atom stereocenters. The van der Waals surface area contributed by atoms with Crippen molar-refractivity contribution in [2.75, 3.05) is 32.8 Å². The number of amides is 1. The number of aromatic nitrogens is 2. The molecule has 5 rings (SSSR count). The van der Waals surface area contributed by atoms with Crippen molar-refractivity contribution in [3.8, 4) is 0 Å². The summed E-state index contributed by atoms with van der Waals surface area (Å²) in [6.45, 7) is 8.80. The maximum Gasteiger partial charge on any atom is 0.257 e. The van der Waals surface area contributed by atoms with Gasteiger partial charge in [-0.1, -0.05) is 43.2 Å². The van der Waals surface area contributed by atoms with Gasteiger partial charge in [0, 0.05) is 50.7 Å². The summed E-state index contributed by atoms with van der Waals surface area (Å²) in [6, 6.07) is 12.6. The normalized spacial score (nSPS) is 27.3. The maximum absolute atomic E-state index is 14.1. The van der Waals surface area contributed by atoms with Crippen LogP contribution in [0.4, 0.5) is 0 Å². The summed E-state index contributed by atoms with van der Waals surface area (Å²) in [5.74, 6) is 0.892. The maximum atomic E-state index is 14.1. The molecule has 172 valence electrons. The van der Waals surface area contributed by atoms with E-state index >= 15 is 0 Å². The van der Waals surface area contributed by atoms with Crippen molar-refractivity contribution in [1.29, 1.82) is 0 Å². The predicted octanol–water partition coefficient (Wildman–Crippen LogP) is 3.85. The topological polar surface area (TPSA) is 50.6 Å². The fourth-order valence-corrected chi connectivity index (χ4v) is 6.06. The van der Waals surface area contributed by atoms with Gasteiger partial charge in [-0.2, -0.15) is 5.10 Å². The first-order valence-corrected chi connectivity index (χ1v) is 12.3. The van der Waals surface area contributed by atoms with Crippen LogP contribution in [0, 0.1) is 5.92 Å². The Hall–Kier alpha value is -2.18. The second kappa shape index (κ2) is 8.99. The molecule has 3 fully saturated rings. The van der Waals surface area contributed by atoms with Gasteiger partial charge in [0.2, 0.25) is 0 Å². The van der Waals surface area contributed by atoms with Gasteiger partial charge in [-0.25, -0.2) is 0 Å². The average molecular weight is 437 g/mol. The lowest BCUT2D eigenvalue weighted by Gasteiger charge is -2.42. The van der Waals surface area contributed by atoms with Crippen molar-refractivity contribution in [2.45, 2.75) is 63.6 Å². The van der Waals surface area contributed by atoms with E-state index in [-0.39, 0.29) is 17.9 Å². The number of ether oxygens (including phenoxy) is 1. The second-order valence-corrected chi connectivity index (χ2v) is 10.1. The minimum Gasteiger partial charge on any atom is -0.361 e. The fourth-order valence-electron chi connectivity index (χ4n) is 6.06. The number of rotatable bonds is 6. The van der Waals surface area contributed by atoms with Gasteiger partial charge in [-0.15, -0.1) is 0 Å². The number of hydrogen-bond donors (Lipinski definition) is 0. The molecule has 0 bridgehead atoms. The molecule has 1 aromatic carbocycles. The molecule has 32 heavy (non-hydrogen) atoms. The standard InChI is InChI=1S/C26H36N4O2/c1-20(2)30-24(12-13-27-30)23-18-28(16-21-10-6-7-11-21)19-26(23)25(31)29(14-15-32-26)17-22-8-4-3-5-9-22/h3-5,8-9,12-13,20-21,23H,6-7,10-11,14-19H2,1-2H3/t23-,26-/m1/s1. The lowest BCUT2D eigenvalue weighted by molar-refractivity contribution is -0.173. The van der Waals surface area contributed by atoms with Crippen LogP contribution in [-0.4, -0.2) is 63.9 Å². The third kappa shape index (κ3) is 3.99. The number of morpholine rings is 1. The predicted molar refractivity (Wildman–Crippen MR) is 124 cm³/mol. The number of carbonyl (C=O) groups is 1. The molecule has 1 saturated carbocycles. The first kappa shape index (κ1) is 21.7. The highest BCUT2D eigenvalue weighted by Gasteiger charge is 2.58. The van der Waals surface area contributed by atoms with Crippen LogP contribution < -0.4 is 0 Å². The minimum absolute atomic E-state index is 0.000114. The van der Waals surface area contributed by atoms with E-state index in [4.69, 9.17) is 4.74 Å². The van der Waals surface area contributed by atoms with Crippen molar-refractivity contribution in [1.82, 2.24) is 19.6 Å². The summed E-state index contributed by atoms with van der Waals surface area (Å²) < 4.78 is 8.58. The molecule has 0 radical (unpaired) electrons. The zero-order valence-electron chi connectivity index (χ0n) is 19.4. The molecule has 1 spiro atoms. The van der Waals surface area contributed by atoms with Gasteiger partial charge in [0.25, 0.3) is 5.91 Å². The molecule has 3 aliphatic rings. The number of hydrogen-bond acceptors (Lipinski definition) is 4. The molecule has 2 aromatic rings. The zero-order valence-corrected chi connectivity index (χ0v) is 19.4. The molecule has 0 N–H and O–H groups in total. The highest BCUT2D eigenvalue weighted by Crippen LogP contribution is 2.43. The monoisotopic (exact) mass is 436 g/mol. The first-order chi connectivity index (χ1) is 15.6. The third-order valence-corrected chi connectivity index (χ3v) is 7.59. The van der Waals surface area contributed by atoms with Gasteiger partial charge in [-0.3, -0.25) is 14.4 Å². The van der Waals surface area contributed by atoms with Crippen molar-refractivity contribution < 1.29 is 9.53 Å². The number of benzene rings is 1. The van der Waals surface area contributed by atoms with E-state index < -0.39 is 5.60 Å². The van der Waals surface area contributed by atoms with E-state index in [0.29, 0.717) is 26.2 Å². The Morgan fingerprint density at radius 3 is 2.69 bits per heavy atom. The van der Waals surface area contributed by atoms with E-state index in [9.17, 15) is 4.79 Å². The van der Waals surface area contributed by atoms with Gasteiger partial charge < -0.3 is 9.64 Å². The van der Waals surface area contributed by atoms with Crippen molar-refractivity contribution in [2.24, 2.45) is 5.92 Å². The van der Waals surface area contributed by atoms with E-state index in [1.807, 2.05) is 29.3 Å². The summed E-state index contributed by atoms with van der Waals surface area (Å²) in [5.41, 5.74) is 1.48. The van der Waals surface area contributed by atoms with E-state index in [1.165, 1.54) is 31.2 Å². The number of likely N-dealkylation sites (tertiary alicyclic amines) is 1. The Labute approximate surface area is 191 Å². The van der Waals surface area contributed by atoms with E-state index in [0.717, 1.165) is 24.7 Å². The number of carbonyl (C=O) groups excluding carboxylic acids is 1. The molecule has 3 heterocycles. The van der Waals surface area contributed by atoms with Gasteiger partial charge in [0.15, 0.2) is 5.60 Å². The quantitative estimate of drug-likeness (QED) is 0.690. The lowest BCUT2D eigenvalue weighted by Crippen LogP contribution is -2.60. The molecule has 1 aromatic heterocycles. The molecular formula is C26H36N4O2. The van der Waals surface area contributed by atoms with E-state index in [1.54, 1.807) is 0 Å². The molecule has 1 aliphatic carbocycles. The molecule has 2 saturated heterocycles. The van der Waals surface area contributed by atoms with Crippen LogP contribution in [0.5, 0.6) is 0 Å². The van der Waals surface area contributed by atoms with Crippen LogP contribution in [0.3, 0.4) is 0 Å². The third-order valence-electron chi connectivity index (χ3n) is 7.59. The molecule has 6 nitrogen and oxygen atoms in total. The summed E-state index contributed by atoms with van der Waals surface area (Å²) in [4.78, 5) is 18.6. The van der Waals surface area contributed by atoms with Crippen LogP contribution in [-0.2, 0) is 16.1 Å². The van der Waals surface area contributed by atoms with Crippen molar-refractivity contribution in [3.63, 3.8) is 0 Å². The van der Waals surface area contributed by atoms with Crippen LogP contribution in [0.1, 0.15) is 62.7 Å². The first-order valence-electron chi connectivity index (χ1n) is 12.3. The molecule has 2 atom stereocenters.